The number of amides is 1. The summed E-state index contributed by atoms with van der Waals surface area (Å²) >= 11 is 0. The highest BCUT2D eigenvalue weighted by molar-refractivity contribution is 6.01. The van der Waals surface area contributed by atoms with Crippen molar-refractivity contribution in [3.8, 4) is 17.5 Å². The van der Waals surface area contributed by atoms with Crippen LogP contribution in [-0.2, 0) is 0 Å². The van der Waals surface area contributed by atoms with E-state index in [9.17, 15) is 9.59 Å². The van der Waals surface area contributed by atoms with Gasteiger partial charge < -0.3 is 5.32 Å². The number of rotatable bonds is 4. The number of hydrogen-bond acceptors (Lipinski definition) is 5. The Balaban J connectivity index is 1.66. The number of aromatic nitrogens is 5. The van der Waals surface area contributed by atoms with Gasteiger partial charge in [0.25, 0.3) is 11.5 Å². The molecule has 1 amide bonds. The van der Waals surface area contributed by atoms with Crippen molar-refractivity contribution in [3.05, 3.63) is 100.0 Å². The van der Waals surface area contributed by atoms with E-state index in [1.807, 2.05) is 70.2 Å². The second-order valence-corrected chi connectivity index (χ2v) is 10.2. The summed E-state index contributed by atoms with van der Waals surface area (Å²) in [5.41, 5.74) is 2.72. The van der Waals surface area contributed by atoms with Gasteiger partial charge in [0.2, 0.25) is 0 Å². The van der Waals surface area contributed by atoms with Gasteiger partial charge in [-0.05, 0) is 65.0 Å². The number of nitrogens with zero attached hydrogens (tertiary/aromatic N) is 5. The van der Waals surface area contributed by atoms with Crippen LogP contribution in [0.15, 0.2) is 71.8 Å². The van der Waals surface area contributed by atoms with Gasteiger partial charge in [-0.25, -0.2) is 14.5 Å². The van der Waals surface area contributed by atoms with Crippen LogP contribution in [0.2, 0.25) is 0 Å². The number of nitrogens with one attached hydrogen (secondary N) is 1. The summed E-state index contributed by atoms with van der Waals surface area (Å²) < 4.78 is 3.12. The van der Waals surface area contributed by atoms with E-state index in [0.29, 0.717) is 44.9 Å². The number of hydrogen-bond donors (Lipinski definition) is 1. The molecular formula is C30H28N6O2. The van der Waals surface area contributed by atoms with Gasteiger partial charge in [-0.3, -0.25) is 14.2 Å². The standard InChI is InChI=1S/C30H28N6O2/c1-19-24(27-31-17-10-18-35(27)34-19)28(37)32-20(2)26-33-23-14-9-11-21(15-16-30(3,4)5)25(23)29(38)36(26)22-12-7-6-8-13-22/h6-14,17-18,20H,1-5H3,(H,32,37). The largest absolute Gasteiger partial charge is 0.342 e. The molecule has 0 bridgehead atoms. The first-order chi connectivity index (χ1) is 18.1. The molecule has 0 spiro atoms. The van der Waals surface area contributed by atoms with E-state index in [4.69, 9.17) is 4.98 Å². The SMILES string of the molecule is Cc1nn2cccnc2c1C(=O)NC(C)c1nc2cccc(C#CC(C)(C)C)c2c(=O)n1-c1ccccc1. The smallest absolute Gasteiger partial charge is 0.267 e. The van der Waals surface area contributed by atoms with Gasteiger partial charge >= 0.3 is 0 Å². The highest BCUT2D eigenvalue weighted by atomic mass is 16.2. The molecule has 0 aliphatic heterocycles. The van der Waals surface area contributed by atoms with Crippen LogP contribution in [0.4, 0.5) is 0 Å². The third-order valence-electron chi connectivity index (χ3n) is 6.04. The summed E-state index contributed by atoms with van der Waals surface area (Å²) in [5.74, 6) is 6.46. The van der Waals surface area contributed by atoms with Crippen LogP contribution < -0.4 is 10.9 Å². The maximum absolute atomic E-state index is 14.1. The molecule has 190 valence electrons. The highest BCUT2D eigenvalue weighted by Gasteiger charge is 2.24. The molecular weight excluding hydrogens is 476 g/mol. The second kappa shape index (κ2) is 9.60. The maximum Gasteiger partial charge on any atom is 0.267 e. The summed E-state index contributed by atoms with van der Waals surface area (Å²) in [6.45, 7) is 9.64. The van der Waals surface area contributed by atoms with E-state index in [2.05, 4.69) is 27.2 Å². The monoisotopic (exact) mass is 504 g/mol. The lowest BCUT2D eigenvalue weighted by Gasteiger charge is -2.20. The first-order valence-electron chi connectivity index (χ1n) is 12.4. The fourth-order valence-corrected chi connectivity index (χ4v) is 4.32. The van der Waals surface area contributed by atoms with E-state index >= 15 is 0 Å². The van der Waals surface area contributed by atoms with Crippen LogP contribution in [0.25, 0.3) is 22.2 Å². The van der Waals surface area contributed by atoms with Crippen molar-refractivity contribution in [2.45, 2.75) is 40.7 Å². The van der Waals surface area contributed by atoms with Crippen LogP contribution in [0.1, 0.15) is 61.2 Å². The molecule has 8 nitrogen and oxygen atoms in total. The Bertz CT molecular complexity index is 1800. The lowest BCUT2D eigenvalue weighted by molar-refractivity contribution is 0.0938. The van der Waals surface area contributed by atoms with Gasteiger partial charge in [0.15, 0.2) is 5.65 Å². The first-order valence-corrected chi connectivity index (χ1v) is 12.4. The first kappa shape index (κ1) is 24.9. The second-order valence-electron chi connectivity index (χ2n) is 10.2. The summed E-state index contributed by atoms with van der Waals surface area (Å²) in [5, 5.41) is 7.84. The number of aryl methyl sites for hydroxylation is 1. The molecule has 8 heteroatoms. The predicted octanol–water partition coefficient (Wildman–Crippen LogP) is 4.63. The molecule has 38 heavy (non-hydrogen) atoms. The number of carbonyl (C=O) groups is 1. The van der Waals surface area contributed by atoms with E-state index < -0.39 is 6.04 Å². The zero-order chi connectivity index (χ0) is 27.0. The molecule has 0 saturated heterocycles. The lowest BCUT2D eigenvalue weighted by atomic mass is 9.97. The van der Waals surface area contributed by atoms with Crippen molar-refractivity contribution in [2.75, 3.05) is 0 Å². The van der Waals surface area contributed by atoms with Crippen LogP contribution >= 0.6 is 0 Å². The number of benzene rings is 2. The van der Waals surface area contributed by atoms with Gasteiger partial charge in [0.05, 0.1) is 28.3 Å². The van der Waals surface area contributed by atoms with Crippen LogP contribution in [0.5, 0.6) is 0 Å². The Morgan fingerprint density at radius 2 is 1.82 bits per heavy atom. The normalized spacial score (nSPS) is 12.2. The minimum absolute atomic E-state index is 0.224. The van der Waals surface area contributed by atoms with Crippen LogP contribution in [-0.4, -0.2) is 30.1 Å². The van der Waals surface area contributed by atoms with Crippen molar-refractivity contribution >= 4 is 22.5 Å². The molecule has 2 aromatic carbocycles. The molecule has 0 aliphatic rings. The zero-order valence-electron chi connectivity index (χ0n) is 22.0. The Morgan fingerprint density at radius 1 is 1.05 bits per heavy atom. The van der Waals surface area contributed by atoms with E-state index in [1.165, 1.54) is 0 Å². The molecule has 0 fully saturated rings. The van der Waals surface area contributed by atoms with E-state index in [1.54, 1.807) is 40.5 Å². The average Bonchev–Trinajstić information content (AvgIpc) is 3.23. The number of carbonyl (C=O) groups excluding carboxylic acids is 1. The van der Waals surface area contributed by atoms with Gasteiger partial charge in [-0.1, -0.05) is 36.1 Å². The Morgan fingerprint density at radius 3 is 2.55 bits per heavy atom. The molecule has 5 aromatic rings. The van der Waals surface area contributed by atoms with E-state index in [-0.39, 0.29) is 16.9 Å². The van der Waals surface area contributed by atoms with Gasteiger partial charge in [-0.2, -0.15) is 5.10 Å². The highest BCUT2D eigenvalue weighted by Crippen LogP contribution is 2.22. The summed E-state index contributed by atoms with van der Waals surface area (Å²) in [4.78, 5) is 36.7. The fourth-order valence-electron chi connectivity index (χ4n) is 4.32. The molecule has 0 aliphatic carbocycles. The predicted molar refractivity (Wildman–Crippen MR) is 147 cm³/mol. The average molecular weight is 505 g/mol. The summed E-state index contributed by atoms with van der Waals surface area (Å²) in [7, 11) is 0. The quantitative estimate of drug-likeness (QED) is 0.360. The lowest BCUT2D eigenvalue weighted by Crippen LogP contribution is -2.33. The number of fused-ring (bicyclic) bond motifs is 2. The Hall–Kier alpha value is -4.77. The van der Waals surface area contributed by atoms with Crippen molar-refractivity contribution in [1.29, 1.82) is 0 Å². The molecule has 3 heterocycles. The molecule has 0 saturated carbocycles. The molecule has 5 rings (SSSR count). The topological polar surface area (TPSA) is 94.2 Å². The van der Waals surface area contributed by atoms with Crippen molar-refractivity contribution in [2.24, 2.45) is 5.41 Å². The minimum Gasteiger partial charge on any atom is -0.342 e. The van der Waals surface area contributed by atoms with Gasteiger partial charge in [0.1, 0.15) is 11.4 Å². The molecule has 1 atom stereocenters. The maximum atomic E-state index is 14.1. The Kier molecular flexibility index (Phi) is 6.29. The Labute approximate surface area is 220 Å². The summed E-state index contributed by atoms with van der Waals surface area (Å²) in [6.07, 6.45) is 3.36. The molecule has 1 N–H and O–H groups in total. The van der Waals surface area contributed by atoms with Gasteiger partial charge in [0, 0.05) is 23.4 Å². The van der Waals surface area contributed by atoms with Crippen molar-refractivity contribution in [3.63, 3.8) is 0 Å². The fraction of sp³-hybridized carbons (Fsp3) is 0.233. The van der Waals surface area contributed by atoms with Crippen molar-refractivity contribution in [1.82, 2.24) is 29.5 Å². The third kappa shape index (κ3) is 4.66. The zero-order valence-corrected chi connectivity index (χ0v) is 22.0. The third-order valence-corrected chi connectivity index (χ3v) is 6.04. The molecule has 3 aromatic heterocycles. The molecule has 1 unspecified atom stereocenters. The number of para-hydroxylation sites is 1. The molecule has 0 radical (unpaired) electrons. The summed E-state index contributed by atoms with van der Waals surface area (Å²) in [6, 6.07) is 15.9. The van der Waals surface area contributed by atoms with E-state index in [0.717, 1.165) is 0 Å². The van der Waals surface area contributed by atoms with Crippen LogP contribution in [0.3, 0.4) is 0 Å². The minimum atomic E-state index is -0.609. The van der Waals surface area contributed by atoms with Crippen molar-refractivity contribution < 1.29 is 4.79 Å². The van der Waals surface area contributed by atoms with Crippen LogP contribution in [0, 0.1) is 24.2 Å². The van der Waals surface area contributed by atoms with Gasteiger partial charge in [-0.15, -0.1) is 0 Å².